The summed E-state index contributed by atoms with van der Waals surface area (Å²) >= 11 is 1.39. The van der Waals surface area contributed by atoms with Crippen molar-refractivity contribution in [3.8, 4) is 0 Å². The molecule has 2 aromatic carbocycles. The lowest BCUT2D eigenvalue weighted by Gasteiger charge is -2.34. The lowest BCUT2D eigenvalue weighted by atomic mass is 9.84. The Morgan fingerprint density at radius 3 is 2.39 bits per heavy atom. The van der Waals surface area contributed by atoms with Crippen molar-refractivity contribution in [3.63, 3.8) is 0 Å². The fourth-order valence-electron chi connectivity index (χ4n) is 5.51. The quantitative estimate of drug-likeness (QED) is 0.343. The molecular weight excluding hydrogens is 555 g/mol. The molecule has 1 aromatic heterocycles. The molecule has 3 aromatic rings. The van der Waals surface area contributed by atoms with Crippen LogP contribution < -0.4 is 15.6 Å². The van der Waals surface area contributed by atoms with Crippen molar-refractivity contribution in [2.45, 2.75) is 64.3 Å². The zero-order valence-electron chi connectivity index (χ0n) is 24.1. The molecule has 1 unspecified atom stereocenters. The number of nitrogens with zero attached hydrogens (tertiary/aromatic N) is 3. The summed E-state index contributed by atoms with van der Waals surface area (Å²) in [4.78, 5) is 13.5. The average Bonchev–Trinajstić information content (AvgIpc) is 3.62. The molecule has 0 aliphatic carbocycles. The number of amides is 2. The van der Waals surface area contributed by atoms with Crippen LogP contribution in [-0.2, 0) is 16.4 Å². The summed E-state index contributed by atoms with van der Waals surface area (Å²) in [5.74, 6) is 0.976. The van der Waals surface area contributed by atoms with Gasteiger partial charge < -0.3 is 5.32 Å². The number of urea groups is 1. The first-order valence-electron chi connectivity index (χ1n) is 14.1. The third-order valence-corrected chi connectivity index (χ3v) is 10.7. The maximum absolute atomic E-state index is 13.1. The predicted octanol–water partition coefficient (Wildman–Crippen LogP) is 6.46. The summed E-state index contributed by atoms with van der Waals surface area (Å²) in [7, 11) is -3.42. The number of amidine groups is 1. The molecule has 1 atom stereocenters. The highest BCUT2D eigenvalue weighted by Crippen LogP contribution is 2.35. The average molecular weight is 594 g/mol. The summed E-state index contributed by atoms with van der Waals surface area (Å²) in [5.41, 5.74) is 3.96. The minimum atomic E-state index is -3.42. The summed E-state index contributed by atoms with van der Waals surface area (Å²) in [6.45, 7) is 9.64. The molecule has 1 fully saturated rings. The van der Waals surface area contributed by atoms with E-state index in [4.69, 9.17) is 5.10 Å². The van der Waals surface area contributed by atoms with Gasteiger partial charge >= 0.3 is 6.03 Å². The number of anilines is 2. The van der Waals surface area contributed by atoms with E-state index in [1.165, 1.54) is 16.9 Å². The van der Waals surface area contributed by atoms with Crippen LogP contribution in [0.5, 0.6) is 0 Å². The summed E-state index contributed by atoms with van der Waals surface area (Å²) < 4.78 is 27.4. The van der Waals surface area contributed by atoms with Crippen LogP contribution in [0.15, 0.2) is 75.4 Å². The first-order valence-corrected chi connectivity index (χ1v) is 16.5. The molecule has 0 saturated carbocycles. The second kappa shape index (κ2) is 12.0. The number of carbonyl (C=O) groups excluding carboxylic acids is 1. The Morgan fingerprint density at radius 1 is 1.02 bits per heavy atom. The van der Waals surface area contributed by atoms with E-state index in [9.17, 15) is 13.2 Å². The molecule has 2 aliphatic heterocycles. The standard InChI is InChI=1S/C31H39N5O3S2/c1-22-9-11-25(12-10-22)36-28(31(2,3)4)20-29(34-36)33-30(37)32-27-8-6-5-7-24(27)19-23-13-16-35(17-14-23)41(38,39)26-15-18-40-21-26/h5-12,15,18,21,23,28H,13-14,16-17,19-20H2,1-4H3,(H2,32,33,34,37). The van der Waals surface area contributed by atoms with Crippen LogP contribution in [0, 0.1) is 18.3 Å². The molecule has 1 saturated heterocycles. The first kappa shape index (κ1) is 29.3. The van der Waals surface area contributed by atoms with Crippen LogP contribution in [0.4, 0.5) is 16.2 Å². The molecule has 5 rings (SSSR count). The number of hydrogen-bond acceptors (Lipinski definition) is 6. The van der Waals surface area contributed by atoms with Gasteiger partial charge in [-0.25, -0.2) is 13.2 Å². The van der Waals surface area contributed by atoms with Crippen molar-refractivity contribution in [3.05, 3.63) is 76.5 Å². The van der Waals surface area contributed by atoms with Gasteiger partial charge in [0.1, 0.15) is 5.84 Å². The molecule has 10 heteroatoms. The van der Waals surface area contributed by atoms with Gasteiger partial charge in [-0.05, 0) is 72.7 Å². The number of hydrazone groups is 1. The number of piperidine rings is 1. The zero-order chi connectivity index (χ0) is 29.2. The molecule has 8 nitrogen and oxygen atoms in total. The number of aryl methyl sites for hydroxylation is 1. The Balaban J connectivity index is 1.21. The van der Waals surface area contributed by atoms with Crippen LogP contribution in [0.2, 0.25) is 0 Å². The molecule has 2 amide bonds. The molecule has 0 bridgehead atoms. The van der Waals surface area contributed by atoms with Crippen molar-refractivity contribution in [2.75, 3.05) is 23.4 Å². The van der Waals surface area contributed by atoms with Gasteiger partial charge in [0.15, 0.2) is 0 Å². The summed E-state index contributed by atoms with van der Waals surface area (Å²) in [6, 6.07) is 17.6. The fraction of sp³-hybridized carbons (Fsp3) is 0.419. The van der Waals surface area contributed by atoms with Gasteiger partial charge in [0.05, 0.1) is 16.6 Å². The second-order valence-corrected chi connectivity index (χ2v) is 14.8. The Bertz CT molecular complexity index is 1490. The van der Waals surface area contributed by atoms with Gasteiger partial charge in [-0.1, -0.05) is 56.7 Å². The number of hydrogen-bond donors (Lipinski definition) is 2. The molecule has 0 spiro atoms. The fourth-order valence-corrected chi connectivity index (χ4v) is 8.00. The third kappa shape index (κ3) is 6.82. The summed E-state index contributed by atoms with van der Waals surface area (Å²) in [6.07, 6.45) is 2.98. The van der Waals surface area contributed by atoms with Crippen LogP contribution in [0.1, 0.15) is 51.2 Å². The number of nitrogens with one attached hydrogen (secondary N) is 2. The smallest absolute Gasteiger partial charge is 0.307 e. The second-order valence-electron chi connectivity index (χ2n) is 12.1. The SMILES string of the molecule is Cc1ccc(N2N=C(NC(=O)Nc3ccccc3CC3CCN(S(=O)(=O)c4ccsc4)CC3)CC2C(C)(C)C)cc1. The maximum Gasteiger partial charge on any atom is 0.324 e. The minimum Gasteiger partial charge on any atom is -0.307 e. The number of carbonyl (C=O) groups is 1. The Hall–Kier alpha value is -3.21. The van der Waals surface area contributed by atoms with Crippen LogP contribution in [-0.4, -0.2) is 43.7 Å². The number of thiophene rings is 1. The van der Waals surface area contributed by atoms with Crippen molar-refractivity contribution in [1.82, 2.24) is 9.62 Å². The third-order valence-electron chi connectivity index (χ3n) is 7.95. The van der Waals surface area contributed by atoms with Crippen molar-refractivity contribution in [2.24, 2.45) is 16.4 Å². The lowest BCUT2D eigenvalue weighted by molar-refractivity contribution is 0.255. The Labute approximate surface area is 247 Å². The van der Waals surface area contributed by atoms with Crippen molar-refractivity contribution < 1.29 is 13.2 Å². The van der Waals surface area contributed by atoms with Crippen LogP contribution >= 0.6 is 11.3 Å². The van der Waals surface area contributed by atoms with Crippen LogP contribution in [0.25, 0.3) is 0 Å². The molecule has 2 N–H and O–H groups in total. The van der Waals surface area contributed by atoms with E-state index in [0.717, 1.165) is 36.2 Å². The number of benzene rings is 2. The Morgan fingerprint density at radius 2 is 1.73 bits per heavy atom. The van der Waals surface area contributed by atoms with Gasteiger partial charge in [-0.15, -0.1) is 0 Å². The van der Waals surface area contributed by atoms with E-state index in [1.54, 1.807) is 21.1 Å². The van der Waals surface area contributed by atoms with E-state index < -0.39 is 10.0 Å². The molecular formula is C31H39N5O3S2. The van der Waals surface area contributed by atoms with E-state index in [0.29, 0.717) is 36.2 Å². The molecule has 3 heterocycles. The minimum absolute atomic E-state index is 0.0422. The van der Waals surface area contributed by atoms with E-state index in [2.05, 4.69) is 62.6 Å². The topological polar surface area (TPSA) is 94.1 Å². The summed E-state index contributed by atoms with van der Waals surface area (Å²) in [5, 5.41) is 16.3. The lowest BCUT2D eigenvalue weighted by Crippen LogP contribution is -2.39. The van der Waals surface area contributed by atoms with Gasteiger partial charge in [-0.2, -0.15) is 20.7 Å². The highest BCUT2D eigenvalue weighted by Gasteiger charge is 2.37. The number of para-hydroxylation sites is 1. The van der Waals surface area contributed by atoms with Crippen molar-refractivity contribution >= 4 is 44.6 Å². The first-order chi connectivity index (χ1) is 19.5. The highest BCUT2D eigenvalue weighted by atomic mass is 32.2. The zero-order valence-corrected chi connectivity index (χ0v) is 25.8. The highest BCUT2D eigenvalue weighted by molar-refractivity contribution is 7.89. The van der Waals surface area contributed by atoms with E-state index in [1.807, 2.05) is 29.3 Å². The Kier molecular flexibility index (Phi) is 8.54. The maximum atomic E-state index is 13.1. The van der Waals surface area contributed by atoms with Gasteiger partial charge in [-0.3, -0.25) is 10.3 Å². The molecule has 218 valence electrons. The van der Waals surface area contributed by atoms with E-state index in [-0.39, 0.29) is 17.5 Å². The monoisotopic (exact) mass is 593 g/mol. The number of rotatable bonds is 6. The van der Waals surface area contributed by atoms with E-state index >= 15 is 0 Å². The van der Waals surface area contributed by atoms with Gasteiger partial charge in [0.2, 0.25) is 10.0 Å². The predicted molar refractivity (Wildman–Crippen MR) is 167 cm³/mol. The van der Waals surface area contributed by atoms with Gasteiger partial charge in [0, 0.05) is 30.6 Å². The van der Waals surface area contributed by atoms with Crippen molar-refractivity contribution in [1.29, 1.82) is 0 Å². The number of sulfonamides is 1. The normalized spacial score (nSPS) is 18.8. The van der Waals surface area contributed by atoms with Crippen LogP contribution in [0.3, 0.4) is 0 Å². The molecule has 2 aliphatic rings. The molecule has 41 heavy (non-hydrogen) atoms. The van der Waals surface area contributed by atoms with Gasteiger partial charge in [0.25, 0.3) is 0 Å². The largest absolute Gasteiger partial charge is 0.324 e. The molecule has 0 radical (unpaired) electrons.